The van der Waals surface area contributed by atoms with Crippen LogP contribution in [0.1, 0.15) is 38.7 Å². The van der Waals surface area contributed by atoms with Gasteiger partial charge < -0.3 is 15.1 Å². The van der Waals surface area contributed by atoms with E-state index in [1.807, 2.05) is 0 Å². The lowest BCUT2D eigenvalue weighted by Gasteiger charge is -2.34. The number of rotatable bonds is 5. The van der Waals surface area contributed by atoms with Gasteiger partial charge >= 0.3 is 6.03 Å². The van der Waals surface area contributed by atoms with Crippen LogP contribution >= 0.6 is 11.6 Å². The average molecular weight is 396 g/mol. The molecule has 1 N–H and O–H groups in total. The molecule has 1 heterocycles. The Bertz CT molecular complexity index is 714. The van der Waals surface area contributed by atoms with Crippen LogP contribution in [0.3, 0.4) is 0 Å². The number of halogens is 2. The predicted octanol–water partition coefficient (Wildman–Crippen LogP) is 3.66. The van der Waals surface area contributed by atoms with Gasteiger partial charge in [0.2, 0.25) is 5.91 Å². The second-order valence-corrected chi connectivity index (χ2v) is 8.21. The van der Waals surface area contributed by atoms with E-state index in [1.54, 1.807) is 15.9 Å². The van der Waals surface area contributed by atoms with Crippen molar-refractivity contribution in [2.75, 3.05) is 19.6 Å². The highest BCUT2D eigenvalue weighted by Crippen LogP contribution is 2.29. The SMILES string of the molecule is CC1CCCC(NC(=O)CN2CCN(Cc3ccc(F)cc3Cl)C2=O)C1C. The van der Waals surface area contributed by atoms with Crippen molar-refractivity contribution >= 4 is 23.5 Å². The fourth-order valence-electron chi connectivity index (χ4n) is 3.99. The van der Waals surface area contributed by atoms with Crippen LogP contribution in [0, 0.1) is 17.7 Å². The summed E-state index contributed by atoms with van der Waals surface area (Å²) in [5.41, 5.74) is 0.697. The molecule has 5 nitrogen and oxygen atoms in total. The summed E-state index contributed by atoms with van der Waals surface area (Å²) in [5, 5.41) is 3.42. The molecule has 148 valence electrons. The van der Waals surface area contributed by atoms with Crippen molar-refractivity contribution in [3.8, 4) is 0 Å². The minimum Gasteiger partial charge on any atom is -0.352 e. The van der Waals surface area contributed by atoms with Gasteiger partial charge in [-0.15, -0.1) is 0 Å². The molecule has 7 heteroatoms. The molecule has 1 aliphatic carbocycles. The van der Waals surface area contributed by atoms with Crippen molar-refractivity contribution in [1.29, 1.82) is 0 Å². The Labute approximate surface area is 164 Å². The smallest absolute Gasteiger partial charge is 0.320 e. The largest absolute Gasteiger partial charge is 0.352 e. The number of amides is 3. The van der Waals surface area contributed by atoms with E-state index < -0.39 is 5.82 Å². The van der Waals surface area contributed by atoms with E-state index in [2.05, 4.69) is 19.2 Å². The third kappa shape index (κ3) is 4.72. The molecule has 1 saturated heterocycles. The maximum atomic E-state index is 13.2. The van der Waals surface area contributed by atoms with E-state index in [1.165, 1.54) is 18.6 Å². The number of carbonyl (C=O) groups is 2. The van der Waals surface area contributed by atoms with Gasteiger partial charge in [0.15, 0.2) is 0 Å². The summed E-state index contributed by atoms with van der Waals surface area (Å²) in [6.45, 7) is 5.82. The summed E-state index contributed by atoms with van der Waals surface area (Å²) < 4.78 is 13.2. The molecule has 3 unspecified atom stereocenters. The van der Waals surface area contributed by atoms with Crippen LogP contribution in [0.2, 0.25) is 5.02 Å². The maximum Gasteiger partial charge on any atom is 0.320 e. The molecule has 1 saturated carbocycles. The maximum absolute atomic E-state index is 13.2. The predicted molar refractivity (Wildman–Crippen MR) is 103 cm³/mol. The van der Waals surface area contributed by atoms with Crippen molar-refractivity contribution in [2.45, 2.75) is 45.7 Å². The first-order valence-corrected chi connectivity index (χ1v) is 10.00. The molecule has 1 aromatic carbocycles. The van der Waals surface area contributed by atoms with Gasteiger partial charge in [0.25, 0.3) is 0 Å². The third-order valence-electron chi connectivity index (χ3n) is 5.94. The molecule has 0 radical (unpaired) electrons. The van der Waals surface area contributed by atoms with Gasteiger partial charge in [0, 0.05) is 30.7 Å². The highest BCUT2D eigenvalue weighted by molar-refractivity contribution is 6.31. The van der Waals surface area contributed by atoms with E-state index >= 15 is 0 Å². The first-order chi connectivity index (χ1) is 12.8. The molecule has 2 fully saturated rings. The van der Waals surface area contributed by atoms with E-state index in [0.717, 1.165) is 12.8 Å². The minimum absolute atomic E-state index is 0.0735. The second-order valence-electron chi connectivity index (χ2n) is 7.80. The van der Waals surface area contributed by atoms with Crippen molar-refractivity contribution in [1.82, 2.24) is 15.1 Å². The van der Waals surface area contributed by atoms with Crippen LogP contribution < -0.4 is 5.32 Å². The molecule has 1 aromatic rings. The minimum atomic E-state index is -0.402. The number of nitrogens with zero attached hydrogens (tertiary/aromatic N) is 2. The number of hydrogen-bond donors (Lipinski definition) is 1. The molecular formula is C20H27ClFN3O2. The van der Waals surface area contributed by atoms with Gasteiger partial charge in [0.1, 0.15) is 12.4 Å². The Hall–Kier alpha value is -1.82. The quantitative estimate of drug-likeness (QED) is 0.827. The summed E-state index contributed by atoms with van der Waals surface area (Å²) in [4.78, 5) is 28.2. The molecule has 0 bridgehead atoms. The molecule has 0 spiro atoms. The Morgan fingerprint density at radius 3 is 2.74 bits per heavy atom. The summed E-state index contributed by atoms with van der Waals surface area (Å²) in [7, 11) is 0. The Kier molecular flexibility index (Phi) is 6.25. The number of carbonyl (C=O) groups excluding carboxylic acids is 2. The zero-order chi connectivity index (χ0) is 19.6. The van der Waals surface area contributed by atoms with Crippen LogP contribution in [-0.4, -0.2) is 47.4 Å². The van der Waals surface area contributed by atoms with Gasteiger partial charge in [-0.05, 0) is 36.0 Å². The number of urea groups is 1. The van der Waals surface area contributed by atoms with Crippen LogP contribution in [0.4, 0.5) is 9.18 Å². The van der Waals surface area contributed by atoms with Crippen molar-refractivity contribution in [3.63, 3.8) is 0 Å². The molecule has 1 aliphatic heterocycles. The van der Waals surface area contributed by atoms with Crippen molar-refractivity contribution < 1.29 is 14.0 Å². The lowest BCUT2D eigenvalue weighted by Crippen LogP contribution is -2.48. The van der Waals surface area contributed by atoms with E-state index in [9.17, 15) is 14.0 Å². The number of benzene rings is 1. The Morgan fingerprint density at radius 1 is 1.26 bits per heavy atom. The summed E-state index contributed by atoms with van der Waals surface area (Å²) in [6, 6.07) is 4.17. The van der Waals surface area contributed by atoms with Crippen LogP contribution in [0.15, 0.2) is 18.2 Å². The lowest BCUT2D eigenvalue weighted by atomic mass is 9.78. The van der Waals surface area contributed by atoms with Gasteiger partial charge in [0.05, 0.1) is 0 Å². The monoisotopic (exact) mass is 395 g/mol. The van der Waals surface area contributed by atoms with E-state index in [4.69, 9.17) is 11.6 Å². The zero-order valence-electron chi connectivity index (χ0n) is 15.9. The van der Waals surface area contributed by atoms with Gasteiger partial charge in [-0.1, -0.05) is 44.4 Å². The molecule has 3 rings (SSSR count). The van der Waals surface area contributed by atoms with Crippen molar-refractivity contribution in [2.24, 2.45) is 11.8 Å². The Morgan fingerprint density at radius 2 is 2.00 bits per heavy atom. The fraction of sp³-hybridized carbons (Fsp3) is 0.600. The highest BCUT2D eigenvalue weighted by Gasteiger charge is 2.32. The lowest BCUT2D eigenvalue weighted by molar-refractivity contribution is -0.123. The first-order valence-electron chi connectivity index (χ1n) is 9.62. The fourth-order valence-corrected chi connectivity index (χ4v) is 4.22. The molecule has 0 aromatic heterocycles. The number of hydrogen-bond acceptors (Lipinski definition) is 2. The topological polar surface area (TPSA) is 52.7 Å². The summed E-state index contributed by atoms with van der Waals surface area (Å²) in [5.74, 6) is 0.555. The molecule has 3 amide bonds. The van der Waals surface area contributed by atoms with Gasteiger partial charge in [-0.2, -0.15) is 0 Å². The summed E-state index contributed by atoms with van der Waals surface area (Å²) in [6.07, 6.45) is 3.34. The zero-order valence-corrected chi connectivity index (χ0v) is 16.6. The highest BCUT2D eigenvalue weighted by atomic mass is 35.5. The van der Waals surface area contributed by atoms with E-state index in [0.29, 0.717) is 42.1 Å². The van der Waals surface area contributed by atoms with Crippen molar-refractivity contribution in [3.05, 3.63) is 34.6 Å². The molecular weight excluding hydrogens is 369 g/mol. The molecule has 2 aliphatic rings. The number of nitrogens with one attached hydrogen (secondary N) is 1. The standard InChI is InChI=1S/C20H27ClFN3O2/c1-13-4-3-5-18(14(13)2)23-19(26)12-25-9-8-24(20(25)27)11-15-6-7-16(22)10-17(15)21/h6-7,10,13-14,18H,3-5,8-9,11-12H2,1-2H3,(H,23,26). The van der Waals surface area contributed by atoms with Gasteiger partial charge in [-0.25, -0.2) is 9.18 Å². The second kappa shape index (κ2) is 8.46. The molecule has 3 atom stereocenters. The van der Waals surface area contributed by atoms with Gasteiger partial charge in [-0.3, -0.25) is 4.79 Å². The first kappa shape index (κ1) is 19.9. The summed E-state index contributed by atoms with van der Waals surface area (Å²) >= 11 is 6.05. The third-order valence-corrected chi connectivity index (χ3v) is 6.30. The van der Waals surface area contributed by atoms with Crippen LogP contribution in [-0.2, 0) is 11.3 Å². The average Bonchev–Trinajstić information content (AvgIpc) is 2.94. The normalized spacial score (nSPS) is 25.8. The van der Waals surface area contributed by atoms with E-state index in [-0.39, 0.29) is 24.5 Å². The molecule has 27 heavy (non-hydrogen) atoms. The van der Waals surface area contributed by atoms with Crippen LogP contribution in [0.5, 0.6) is 0 Å². The van der Waals surface area contributed by atoms with Crippen LogP contribution in [0.25, 0.3) is 0 Å². The Balaban J connectivity index is 1.53.